The topological polar surface area (TPSA) is 44.5 Å². The molecular formula is C8H9ClFNO2. The fraction of sp³-hybridized carbons (Fsp3) is 0.250. The van der Waals surface area contributed by atoms with Crippen molar-refractivity contribution in [3.63, 3.8) is 0 Å². The normalized spacial score (nSPS) is 9.85. The fourth-order valence-corrected chi connectivity index (χ4v) is 1.27. The maximum Gasteiger partial charge on any atom is 0.210 e. The van der Waals surface area contributed by atoms with Crippen LogP contribution in [0.2, 0.25) is 5.02 Å². The number of nitrogen functional groups attached to an aromatic ring is 1. The van der Waals surface area contributed by atoms with Crippen LogP contribution in [0.4, 0.5) is 10.1 Å². The summed E-state index contributed by atoms with van der Waals surface area (Å²) < 4.78 is 22.8. The van der Waals surface area contributed by atoms with Gasteiger partial charge in [0.2, 0.25) is 5.82 Å². The lowest BCUT2D eigenvalue weighted by Crippen LogP contribution is -1.99. The van der Waals surface area contributed by atoms with Gasteiger partial charge in [-0.05, 0) is 6.07 Å². The van der Waals surface area contributed by atoms with Crippen LogP contribution in [0, 0.1) is 5.82 Å². The van der Waals surface area contributed by atoms with Crippen molar-refractivity contribution in [3.8, 4) is 11.5 Å². The van der Waals surface area contributed by atoms with E-state index in [0.29, 0.717) is 0 Å². The quantitative estimate of drug-likeness (QED) is 0.752. The lowest BCUT2D eigenvalue weighted by molar-refractivity contribution is 0.352. The van der Waals surface area contributed by atoms with Crippen LogP contribution >= 0.6 is 11.6 Å². The summed E-state index contributed by atoms with van der Waals surface area (Å²) in [5, 5.41) is 0.123. The Labute approximate surface area is 80.2 Å². The molecule has 0 unspecified atom stereocenters. The van der Waals surface area contributed by atoms with Gasteiger partial charge in [-0.1, -0.05) is 11.6 Å². The Bertz CT molecular complexity index is 302. The monoisotopic (exact) mass is 205 g/mol. The highest BCUT2D eigenvalue weighted by Crippen LogP contribution is 2.38. The molecule has 5 heteroatoms. The summed E-state index contributed by atoms with van der Waals surface area (Å²) in [5.74, 6) is -0.802. The van der Waals surface area contributed by atoms with Gasteiger partial charge in [0.25, 0.3) is 0 Å². The number of benzene rings is 1. The molecule has 3 nitrogen and oxygen atoms in total. The number of hydrogen-bond donors (Lipinski definition) is 1. The Morgan fingerprint density at radius 1 is 1.31 bits per heavy atom. The predicted octanol–water partition coefficient (Wildman–Crippen LogP) is 2.08. The minimum absolute atomic E-state index is 0.0544. The minimum Gasteiger partial charge on any atom is -0.492 e. The molecule has 0 spiro atoms. The highest BCUT2D eigenvalue weighted by atomic mass is 35.5. The third kappa shape index (κ3) is 1.62. The molecule has 0 atom stereocenters. The first-order valence-corrected chi connectivity index (χ1v) is 3.85. The first-order chi connectivity index (χ1) is 6.11. The number of rotatable bonds is 2. The Morgan fingerprint density at radius 2 is 1.85 bits per heavy atom. The van der Waals surface area contributed by atoms with Crippen molar-refractivity contribution in [2.24, 2.45) is 0 Å². The molecule has 13 heavy (non-hydrogen) atoms. The van der Waals surface area contributed by atoms with Crippen molar-refractivity contribution in [2.75, 3.05) is 20.0 Å². The van der Waals surface area contributed by atoms with Crippen LogP contribution in [0.15, 0.2) is 6.07 Å². The highest BCUT2D eigenvalue weighted by molar-refractivity contribution is 6.32. The second-order valence-corrected chi connectivity index (χ2v) is 2.74. The summed E-state index contributed by atoms with van der Waals surface area (Å²) in [7, 11) is 2.64. The molecule has 0 fully saturated rings. The molecule has 1 aromatic rings. The lowest BCUT2D eigenvalue weighted by Gasteiger charge is -2.10. The van der Waals surface area contributed by atoms with E-state index >= 15 is 0 Å². The Kier molecular flexibility index (Phi) is 2.83. The third-order valence-corrected chi connectivity index (χ3v) is 1.85. The largest absolute Gasteiger partial charge is 0.492 e. The summed E-state index contributed by atoms with van der Waals surface area (Å²) in [5.41, 5.74) is 5.60. The smallest absolute Gasteiger partial charge is 0.210 e. The number of halogens is 2. The molecule has 1 aromatic carbocycles. The Hall–Kier alpha value is -1.16. The number of hydrogen-bond acceptors (Lipinski definition) is 3. The lowest BCUT2D eigenvalue weighted by atomic mass is 10.2. The first kappa shape index (κ1) is 9.92. The second kappa shape index (κ2) is 3.70. The average molecular weight is 206 g/mol. The molecule has 0 aliphatic rings. The van der Waals surface area contributed by atoms with Gasteiger partial charge in [-0.15, -0.1) is 0 Å². The molecule has 0 aliphatic heterocycles. The third-order valence-electron chi connectivity index (χ3n) is 1.57. The van der Waals surface area contributed by atoms with E-state index in [2.05, 4.69) is 0 Å². The molecule has 0 saturated heterocycles. The number of methoxy groups -OCH3 is 2. The van der Waals surface area contributed by atoms with Crippen molar-refractivity contribution in [1.29, 1.82) is 0 Å². The minimum atomic E-state index is -0.685. The van der Waals surface area contributed by atoms with E-state index in [9.17, 15) is 4.39 Å². The molecule has 72 valence electrons. The van der Waals surface area contributed by atoms with Gasteiger partial charge in [-0.3, -0.25) is 0 Å². The molecule has 0 amide bonds. The SMILES string of the molecule is COc1c(N)cc(Cl)c(OC)c1F. The van der Waals surface area contributed by atoms with E-state index in [0.717, 1.165) is 0 Å². The average Bonchev–Trinajstić information content (AvgIpc) is 2.04. The maximum absolute atomic E-state index is 13.4. The molecule has 0 saturated carbocycles. The summed E-state index contributed by atoms with van der Waals surface area (Å²) in [6.07, 6.45) is 0. The standard InChI is InChI=1S/C8H9ClFNO2/c1-12-7-4(9)3-5(11)8(13-2)6(7)10/h3H,11H2,1-2H3. The predicted molar refractivity (Wildman–Crippen MR) is 48.9 cm³/mol. The molecule has 0 heterocycles. The van der Waals surface area contributed by atoms with Gasteiger partial charge >= 0.3 is 0 Å². The molecule has 2 N–H and O–H groups in total. The van der Waals surface area contributed by atoms with Crippen LogP contribution in [0.25, 0.3) is 0 Å². The van der Waals surface area contributed by atoms with Crippen LogP contribution < -0.4 is 15.2 Å². The van der Waals surface area contributed by atoms with E-state index in [1.807, 2.05) is 0 Å². The molecule has 0 radical (unpaired) electrons. The molecular weight excluding hydrogens is 197 g/mol. The summed E-state index contributed by atoms with van der Waals surface area (Å²) in [6, 6.07) is 1.38. The van der Waals surface area contributed by atoms with Crippen molar-refractivity contribution >= 4 is 17.3 Å². The molecule has 0 bridgehead atoms. The van der Waals surface area contributed by atoms with Crippen molar-refractivity contribution in [1.82, 2.24) is 0 Å². The van der Waals surface area contributed by atoms with E-state index < -0.39 is 5.82 Å². The summed E-state index contributed by atoms with van der Waals surface area (Å²) in [6.45, 7) is 0. The van der Waals surface area contributed by atoms with Gasteiger partial charge in [0.05, 0.1) is 24.9 Å². The van der Waals surface area contributed by atoms with Gasteiger partial charge in [0, 0.05) is 0 Å². The Morgan fingerprint density at radius 3 is 2.31 bits per heavy atom. The van der Waals surface area contributed by atoms with Gasteiger partial charge in [-0.2, -0.15) is 4.39 Å². The summed E-state index contributed by atoms with van der Waals surface area (Å²) in [4.78, 5) is 0. The zero-order valence-electron chi connectivity index (χ0n) is 7.23. The number of ether oxygens (including phenoxy) is 2. The number of anilines is 1. The van der Waals surface area contributed by atoms with Gasteiger partial charge < -0.3 is 15.2 Å². The van der Waals surface area contributed by atoms with Crippen molar-refractivity contribution in [2.45, 2.75) is 0 Å². The fourth-order valence-electron chi connectivity index (χ4n) is 0.997. The van der Waals surface area contributed by atoms with Crippen LogP contribution in [0.3, 0.4) is 0 Å². The highest BCUT2D eigenvalue weighted by Gasteiger charge is 2.16. The summed E-state index contributed by atoms with van der Waals surface area (Å²) >= 11 is 5.66. The van der Waals surface area contributed by atoms with E-state index in [4.69, 9.17) is 26.8 Å². The Balaban J connectivity index is 3.39. The van der Waals surface area contributed by atoms with E-state index in [-0.39, 0.29) is 22.2 Å². The van der Waals surface area contributed by atoms with Crippen LogP contribution in [-0.4, -0.2) is 14.2 Å². The van der Waals surface area contributed by atoms with Crippen LogP contribution in [0.5, 0.6) is 11.5 Å². The van der Waals surface area contributed by atoms with Crippen molar-refractivity contribution < 1.29 is 13.9 Å². The molecule has 0 aliphatic carbocycles. The molecule has 1 rings (SSSR count). The second-order valence-electron chi connectivity index (χ2n) is 2.33. The van der Waals surface area contributed by atoms with Crippen LogP contribution in [-0.2, 0) is 0 Å². The molecule has 0 aromatic heterocycles. The van der Waals surface area contributed by atoms with E-state index in [1.165, 1.54) is 20.3 Å². The van der Waals surface area contributed by atoms with E-state index in [1.54, 1.807) is 0 Å². The van der Waals surface area contributed by atoms with Crippen molar-refractivity contribution in [3.05, 3.63) is 16.9 Å². The van der Waals surface area contributed by atoms with Gasteiger partial charge in [-0.25, -0.2) is 0 Å². The van der Waals surface area contributed by atoms with Gasteiger partial charge in [0.15, 0.2) is 11.5 Å². The number of nitrogens with two attached hydrogens (primary N) is 1. The zero-order valence-corrected chi connectivity index (χ0v) is 7.98. The first-order valence-electron chi connectivity index (χ1n) is 3.47. The zero-order chi connectivity index (χ0) is 10.0. The van der Waals surface area contributed by atoms with Crippen LogP contribution in [0.1, 0.15) is 0 Å². The maximum atomic E-state index is 13.4. The van der Waals surface area contributed by atoms with Gasteiger partial charge in [0.1, 0.15) is 0 Å².